The zero-order valence-electron chi connectivity index (χ0n) is 13.8. The number of aromatic nitrogens is 2. The van der Waals surface area contributed by atoms with E-state index in [1.165, 1.54) is 19.0 Å². The summed E-state index contributed by atoms with van der Waals surface area (Å²) in [5.41, 5.74) is 2.33. The van der Waals surface area contributed by atoms with Crippen LogP contribution in [0.5, 0.6) is 0 Å². The number of nitrogens with zero attached hydrogens (tertiary/aromatic N) is 3. The average molecular weight is 345 g/mol. The molecule has 0 unspecified atom stereocenters. The molecule has 0 bridgehead atoms. The average Bonchev–Trinajstić information content (AvgIpc) is 2.87. The number of amides is 1. The highest BCUT2D eigenvalue weighted by Crippen LogP contribution is 2.23. The second-order valence-electron chi connectivity index (χ2n) is 6.08. The molecule has 2 aromatic rings. The van der Waals surface area contributed by atoms with Gasteiger partial charge >= 0.3 is 0 Å². The molecular weight excluding hydrogens is 324 g/mol. The fraction of sp³-hybridized carbons (Fsp3) is 0.389. The first kappa shape index (κ1) is 16.7. The third-order valence-electron chi connectivity index (χ3n) is 4.23. The molecule has 0 aliphatic carbocycles. The highest BCUT2D eigenvalue weighted by molar-refractivity contribution is 6.30. The van der Waals surface area contributed by atoms with Gasteiger partial charge in [-0.2, -0.15) is 0 Å². The zero-order chi connectivity index (χ0) is 16.9. The van der Waals surface area contributed by atoms with E-state index in [9.17, 15) is 4.79 Å². The van der Waals surface area contributed by atoms with E-state index in [-0.39, 0.29) is 5.91 Å². The maximum Gasteiger partial charge on any atom is 0.274 e. The number of nitrogens with one attached hydrogen (secondary N) is 1. The van der Waals surface area contributed by atoms with Crippen LogP contribution in [0.3, 0.4) is 0 Å². The topological polar surface area (TPSA) is 58.1 Å². The number of carbonyl (C=O) groups is 1. The van der Waals surface area contributed by atoms with Gasteiger partial charge in [-0.05, 0) is 37.5 Å². The Labute approximate surface area is 147 Å². The van der Waals surface area contributed by atoms with Gasteiger partial charge in [0.1, 0.15) is 11.5 Å². The van der Waals surface area contributed by atoms with Crippen LogP contribution in [0.15, 0.2) is 30.6 Å². The molecule has 0 saturated carbocycles. The van der Waals surface area contributed by atoms with Crippen LogP contribution in [0.25, 0.3) is 0 Å². The molecule has 0 atom stereocenters. The summed E-state index contributed by atoms with van der Waals surface area (Å²) in [6, 6.07) is 5.63. The van der Waals surface area contributed by atoms with Crippen LogP contribution in [-0.2, 0) is 0 Å². The third kappa shape index (κ3) is 4.03. The molecule has 1 aliphatic rings. The van der Waals surface area contributed by atoms with Gasteiger partial charge in [0, 0.05) is 23.8 Å². The van der Waals surface area contributed by atoms with Crippen LogP contribution in [0, 0.1) is 6.92 Å². The first-order valence-electron chi connectivity index (χ1n) is 8.28. The number of likely N-dealkylation sites (tertiary alicyclic amines) is 1. The van der Waals surface area contributed by atoms with Crippen molar-refractivity contribution in [2.45, 2.75) is 32.6 Å². The highest BCUT2D eigenvalue weighted by atomic mass is 35.5. The molecule has 24 heavy (non-hydrogen) atoms. The number of benzene rings is 1. The number of rotatable bonds is 3. The van der Waals surface area contributed by atoms with Gasteiger partial charge in [-0.15, -0.1) is 0 Å². The minimum Gasteiger partial charge on any atom is -0.339 e. The molecule has 126 valence electrons. The summed E-state index contributed by atoms with van der Waals surface area (Å²) >= 11 is 6.02. The Kier molecular flexibility index (Phi) is 5.30. The van der Waals surface area contributed by atoms with Gasteiger partial charge in [-0.25, -0.2) is 9.97 Å². The molecule has 2 heterocycles. The number of hydrogen-bond acceptors (Lipinski definition) is 4. The predicted molar refractivity (Wildman–Crippen MR) is 95.9 cm³/mol. The monoisotopic (exact) mass is 344 g/mol. The van der Waals surface area contributed by atoms with Gasteiger partial charge in [0.15, 0.2) is 0 Å². The summed E-state index contributed by atoms with van der Waals surface area (Å²) in [5.74, 6) is 0.558. The van der Waals surface area contributed by atoms with Crippen LogP contribution >= 0.6 is 11.6 Å². The molecule has 0 radical (unpaired) electrons. The Hall–Kier alpha value is -2.14. The molecule has 0 spiro atoms. The van der Waals surface area contributed by atoms with Gasteiger partial charge in [-0.3, -0.25) is 4.79 Å². The molecule has 6 heteroatoms. The number of hydrogen-bond donors (Lipinski definition) is 1. The van der Waals surface area contributed by atoms with Crippen molar-refractivity contribution in [3.05, 3.63) is 46.9 Å². The standard InChI is InChI=1S/C18H21ClN4O/c1-13-6-7-14(19)10-15(13)22-17-12-20-16(11-21-17)18(24)23-8-4-2-3-5-9-23/h6-7,10-12H,2-5,8-9H2,1H3,(H,21,22). The zero-order valence-corrected chi connectivity index (χ0v) is 14.5. The summed E-state index contributed by atoms with van der Waals surface area (Å²) in [4.78, 5) is 23.0. The molecule has 1 aromatic heterocycles. The highest BCUT2D eigenvalue weighted by Gasteiger charge is 2.18. The first-order valence-corrected chi connectivity index (χ1v) is 8.66. The molecule has 1 aliphatic heterocycles. The van der Waals surface area contributed by atoms with E-state index in [1.54, 1.807) is 6.20 Å². The minimum absolute atomic E-state index is 0.0325. The van der Waals surface area contributed by atoms with E-state index in [2.05, 4.69) is 15.3 Å². The lowest BCUT2D eigenvalue weighted by Crippen LogP contribution is -2.32. The molecule has 5 nitrogen and oxygen atoms in total. The van der Waals surface area contributed by atoms with Crippen molar-refractivity contribution in [2.24, 2.45) is 0 Å². The minimum atomic E-state index is -0.0325. The lowest BCUT2D eigenvalue weighted by Gasteiger charge is -2.19. The van der Waals surface area contributed by atoms with Crippen LogP contribution in [0.4, 0.5) is 11.5 Å². The fourth-order valence-corrected chi connectivity index (χ4v) is 2.98. The van der Waals surface area contributed by atoms with E-state index in [1.807, 2.05) is 30.0 Å². The Morgan fingerprint density at radius 2 is 1.88 bits per heavy atom. The van der Waals surface area contributed by atoms with E-state index in [0.29, 0.717) is 16.5 Å². The molecule has 3 rings (SSSR count). The predicted octanol–water partition coefficient (Wildman–Crippen LogP) is 4.20. The lowest BCUT2D eigenvalue weighted by atomic mass is 10.2. The van der Waals surface area contributed by atoms with Crippen molar-refractivity contribution >= 4 is 29.0 Å². The summed E-state index contributed by atoms with van der Waals surface area (Å²) in [6.07, 6.45) is 7.63. The van der Waals surface area contributed by atoms with Crippen molar-refractivity contribution in [1.29, 1.82) is 0 Å². The number of aryl methyl sites for hydroxylation is 1. The lowest BCUT2D eigenvalue weighted by molar-refractivity contribution is 0.0755. The Morgan fingerprint density at radius 1 is 1.12 bits per heavy atom. The normalized spacial score (nSPS) is 15.0. The quantitative estimate of drug-likeness (QED) is 0.906. The largest absolute Gasteiger partial charge is 0.339 e. The van der Waals surface area contributed by atoms with Crippen LogP contribution in [0.1, 0.15) is 41.7 Å². The maximum atomic E-state index is 12.5. The summed E-state index contributed by atoms with van der Waals surface area (Å²) in [7, 11) is 0. The van der Waals surface area contributed by atoms with E-state index in [4.69, 9.17) is 11.6 Å². The SMILES string of the molecule is Cc1ccc(Cl)cc1Nc1cnc(C(=O)N2CCCCCC2)cn1. The summed E-state index contributed by atoms with van der Waals surface area (Å²) in [5, 5.41) is 3.84. The van der Waals surface area contributed by atoms with Crippen LogP contribution in [0.2, 0.25) is 5.02 Å². The van der Waals surface area contributed by atoms with E-state index >= 15 is 0 Å². The molecule has 1 aromatic carbocycles. The van der Waals surface area contributed by atoms with Crippen molar-refractivity contribution in [3.8, 4) is 0 Å². The van der Waals surface area contributed by atoms with Gasteiger partial charge in [0.2, 0.25) is 0 Å². The Bertz CT molecular complexity index is 709. The smallest absolute Gasteiger partial charge is 0.274 e. The number of halogens is 1. The van der Waals surface area contributed by atoms with Gasteiger partial charge < -0.3 is 10.2 Å². The molecule has 1 saturated heterocycles. The van der Waals surface area contributed by atoms with E-state index < -0.39 is 0 Å². The summed E-state index contributed by atoms with van der Waals surface area (Å²) < 4.78 is 0. The fourth-order valence-electron chi connectivity index (χ4n) is 2.81. The first-order chi connectivity index (χ1) is 11.6. The number of carbonyl (C=O) groups excluding carboxylic acids is 1. The summed E-state index contributed by atoms with van der Waals surface area (Å²) in [6.45, 7) is 3.60. The second kappa shape index (κ2) is 7.62. The van der Waals surface area contributed by atoms with Crippen LogP contribution < -0.4 is 5.32 Å². The maximum absolute atomic E-state index is 12.5. The van der Waals surface area contributed by atoms with Crippen molar-refractivity contribution in [3.63, 3.8) is 0 Å². The number of anilines is 2. The second-order valence-corrected chi connectivity index (χ2v) is 6.51. The Morgan fingerprint density at radius 3 is 2.54 bits per heavy atom. The van der Waals surface area contributed by atoms with Crippen LogP contribution in [-0.4, -0.2) is 33.9 Å². The molecular formula is C18H21ClN4O. The molecule has 1 amide bonds. The molecule has 1 N–H and O–H groups in total. The van der Waals surface area contributed by atoms with Gasteiger partial charge in [0.25, 0.3) is 5.91 Å². The van der Waals surface area contributed by atoms with Crippen molar-refractivity contribution in [2.75, 3.05) is 18.4 Å². The Balaban J connectivity index is 1.70. The van der Waals surface area contributed by atoms with Crippen molar-refractivity contribution < 1.29 is 4.79 Å². The van der Waals surface area contributed by atoms with Gasteiger partial charge in [-0.1, -0.05) is 30.5 Å². The van der Waals surface area contributed by atoms with Gasteiger partial charge in [0.05, 0.1) is 12.4 Å². The van der Waals surface area contributed by atoms with Crippen molar-refractivity contribution in [1.82, 2.24) is 14.9 Å². The van der Waals surface area contributed by atoms with E-state index in [0.717, 1.165) is 37.2 Å². The third-order valence-corrected chi connectivity index (χ3v) is 4.46. The molecule has 1 fully saturated rings.